The van der Waals surface area contributed by atoms with Crippen LogP contribution in [0.15, 0.2) is 48.5 Å². The van der Waals surface area contributed by atoms with Crippen LogP contribution < -0.4 is 15.4 Å². The molecule has 1 heterocycles. The van der Waals surface area contributed by atoms with Crippen LogP contribution in [0.25, 0.3) is 0 Å². The van der Waals surface area contributed by atoms with E-state index in [-0.39, 0.29) is 17.1 Å². The van der Waals surface area contributed by atoms with Crippen LogP contribution in [0.4, 0.5) is 5.69 Å². The minimum atomic E-state index is -0.308. The predicted molar refractivity (Wildman–Crippen MR) is 106 cm³/mol. The summed E-state index contributed by atoms with van der Waals surface area (Å²) in [6.07, 6.45) is 2.19. The summed E-state index contributed by atoms with van der Waals surface area (Å²) in [6, 6.07) is 14.0. The molecule has 1 aliphatic heterocycles. The van der Waals surface area contributed by atoms with E-state index in [4.69, 9.17) is 33.3 Å². The van der Waals surface area contributed by atoms with Gasteiger partial charge in [0.25, 0.3) is 5.91 Å². The molecule has 7 heteroatoms. The fourth-order valence-electron chi connectivity index (χ4n) is 2.58. The van der Waals surface area contributed by atoms with Crippen LogP contribution in [0.5, 0.6) is 5.75 Å². The number of halogens is 1. The van der Waals surface area contributed by atoms with Crippen LogP contribution in [-0.2, 0) is 4.74 Å². The minimum absolute atomic E-state index is 0.125. The van der Waals surface area contributed by atoms with Gasteiger partial charge in [-0.2, -0.15) is 0 Å². The Morgan fingerprint density at radius 2 is 2.00 bits per heavy atom. The van der Waals surface area contributed by atoms with Crippen LogP contribution in [-0.4, -0.2) is 30.3 Å². The second-order valence-corrected chi connectivity index (χ2v) is 6.70. The zero-order valence-corrected chi connectivity index (χ0v) is 15.6. The van der Waals surface area contributed by atoms with Gasteiger partial charge in [-0.3, -0.25) is 10.1 Å². The molecule has 2 N–H and O–H groups in total. The van der Waals surface area contributed by atoms with Gasteiger partial charge >= 0.3 is 0 Å². The zero-order chi connectivity index (χ0) is 18.4. The van der Waals surface area contributed by atoms with Crippen molar-refractivity contribution in [3.63, 3.8) is 0 Å². The third-order valence-corrected chi connectivity index (χ3v) is 4.37. The van der Waals surface area contributed by atoms with E-state index in [0.717, 1.165) is 19.4 Å². The van der Waals surface area contributed by atoms with Gasteiger partial charge in [-0.1, -0.05) is 23.7 Å². The molecule has 136 valence electrons. The summed E-state index contributed by atoms with van der Waals surface area (Å²) in [7, 11) is 0. The van der Waals surface area contributed by atoms with Crippen molar-refractivity contribution in [2.45, 2.75) is 18.9 Å². The van der Waals surface area contributed by atoms with E-state index >= 15 is 0 Å². The summed E-state index contributed by atoms with van der Waals surface area (Å²) < 4.78 is 11.4. The fraction of sp³-hybridized carbons (Fsp3) is 0.263. The normalized spacial score (nSPS) is 16.1. The maximum atomic E-state index is 12.2. The van der Waals surface area contributed by atoms with Gasteiger partial charge in [0, 0.05) is 17.2 Å². The molecule has 0 bridgehead atoms. The number of amides is 1. The van der Waals surface area contributed by atoms with Gasteiger partial charge < -0.3 is 14.8 Å². The molecule has 2 aromatic carbocycles. The first-order valence-corrected chi connectivity index (χ1v) is 9.12. The number of carbonyl (C=O) groups excluding carboxylic acids is 1. The zero-order valence-electron chi connectivity index (χ0n) is 14.0. The number of hydrogen-bond donors (Lipinski definition) is 2. The van der Waals surface area contributed by atoms with E-state index in [2.05, 4.69) is 10.6 Å². The first-order chi connectivity index (χ1) is 12.6. The van der Waals surface area contributed by atoms with Crippen molar-refractivity contribution >= 4 is 40.5 Å². The van der Waals surface area contributed by atoms with E-state index in [9.17, 15) is 4.79 Å². The number of para-hydroxylation sites is 2. The standard InChI is InChI=1S/C19H19ClN2O3S/c20-14-9-7-13(8-10-14)18(23)22-19(26)21-16-5-1-2-6-17(16)25-12-15-4-3-11-24-15/h1-2,5-10,15H,3-4,11-12H2,(H2,21,22,23,26). The Balaban J connectivity index is 1.58. The fourth-order valence-corrected chi connectivity index (χ4v) is 2.91. The molecule has 0 saturated carbocycles. The van der Waals surface area contributed by atoms with E-state index < -0.39 is 0 Å². The van der Waals surface area contributed by atoms with E-state index in [0.29, 0.717) is 28.6 Å². The van der Waals surface area contributed by atoms with Gasteiger partial charge in [0.15, 0.2) is 5.11 Å². The lowest BCUT2D eigenvalue weighted by molar-refractivity contribution is 0.0682. The molecule has 0 aliphatic carbocycles. The van der Waals surface area contributed by atoms with Crippen molar-refractivity contribution in [1.29, 1.82) is 0 Å². The molecule has 1 unspecified atom stereocenters. The number of nitrogens with one attached hydrogen (secondary N) is 2. The summed E-state index contributed by atoms with van der Waals surface area (Å²) in [5, 5.41) is 6.41. The Kier molecular flexibility index (Phi) is 6.44. The van der Waals surface area contributed by atoms with Crippen molar-refractivity contribution in [3.8, 4) is 5.75 Å². The van der Waals surface area contributed by atoms with Crippen LogP contribution in [0.2, 0.25) is 5.02 Å². The first kappa shape index (κ1) is 18.6. The molecule has 1 aliphatic rings. The molecule has 0 radical (unpaired) electrons. The molecule has 1 atom stereocenters. The summed E-state index contributed by atoms with van der Waals surface area (Å²) in [5.41, 5.74) is 1.16. The Bertz CT molecular complexity index is 777. The molecule has 1 amide bonds. The average Bonchev–Trinajstić information content (AvgIpc) is 3.15. The van der Waals surface area contributed by atoms with Gasteiger partial charge in [0.1, 0.15) is 12.4 Å². The Morgan fingerprint density at radius 3 is 2.73 bits per heavy atom. The number of ether oxygens (including phenoxy) is 2. The van der Waals surface area contributed by atoms with Crippen molar-refractivity contribution < 1.29 is 14.3 Å². The van der Waals surface area contributed by atoms with Crippen molar-refractivity contribution in [2.24, 2.45) is 0 Å². The van der Waals surface area contributed by atoms with E-state index in [1.54, 1.807) is 24.3 Å². The first-order valence-electron chi connectivity index (χ1n) is 8.33. The van der Waals surface area contributed by atoms with Crippen LogP contribution in [0.1, 0.15) is 23.2 Å². The van der Waals surface area contributed by atoms with Crippen molar-refractivity contribution in [2.75, 3.05) is 18.5 Å². The lowest BCUT2D eigenvalue weighted by Gasteiger charge is -2.16. The summed E-state index contributed by atoms with van der Waals surface area (Å²) >= 11 is 11.1. The Labute approximate surface area is 162 Å². The van der Waals surface area contributed by atoms with Crippen LogP contribution in [0.3, 0.4) is 0 Å². The van der Waals surface area contributed by atoms with Crippen molar-refractivity contribution in [1.82, 2.24) is 5.32 Å². The van der Waals surface area contributed by atoms with Gasteiger partial charge in [-0.25, -0.2) is 0 Å². The highest BCUT2D eigenvalue weighted by atomic mass is 35.5. The van der Waals surface area contributed by atoms with Crippen LogP contribution >= 0.6 is 23.8 Å². The maximum absolute atomic E-state index is 12.2. The minimum Gasteiger partial charge on any atom is -0.489 e. The Morgan fingerprint density at radius 1 is 1.23 bits per heavy atom. The third kappa shape index (κ3) is 5.17. The Hall–Kier alpha value is -2.15. The SMILES string of the molecule is O=C(NC(=S)Nc1ccccc1OCC1CCCO1)c1ccc(Cl)cc1. The lowest BCUT2D eigenvalue weighted by atomic mass is 10.2. The van der Waals surface area contributed by atoms with Crippen LogP contribution in [0, 0.1) is 0 Å². The van der Waals surface area contributed by atoms with Gasteiger partial charge in [0.05, 0.1) is 11.8 Å². The van der Waals surface area contributed by atoms with Crippen molar-refractivity contribution in [3.05, 3.63) is 59.1 Å². The summed E-state index contributed by atoms with van der Waals surface area (Å²) in [6.45, 7) is 1.28. The highest BCUT2D eigenvalue weighted by molar-refractivity contribution is 7.80. The number of anilines is 1. The number of hydrogen-bond acceptors (Lipinski definition) is 4. The molecule has 1 fully saturated rings. The lowest BCUT2D eigenvalue weighted by Crippen LogP contribution is -2.34. The summed E-state index contributed by atoms with van der Waals surface area (Å²) in [4.78, 5) is 12.2. The van der Waals surface area contributed by atoms with Gasteiger partial charge in [-0.15, -0.1) is 0 Å². The highest BCUT2D eigenvalue weighted by Crippen LogP contribution is 2.25. The number of carbonyl (C=O) groups is 1. The summed E-state index contributed by atoms with van der Waals surface area (Å²) in [5.74, 6) is 0.350. The molecule has 5 nitrogen and oxygen atoms in total. The molecule has 26 heavy (non-hydrogen) atoms. The van der Waals surface area contributed by atoms with Gasteiger partial charge in [0.2, 0.25) is 0 Å². The maximum Gasteiger partial charge on any atom is 0.257 e. The molecule has 1 saturated heterocycles. The molecule has 0 spiro atoms. The molecule has 3 rings (SSSR count). The topological polar surface area (TPSA) is 59.6 Å². The monoisotopic (exact) mass is 390 g/mol. The molecule has 2 aromatic rings. The smallest absolute Gasteiger partial charge is 0.257 e. The highest BCUT2D eigenvalue weighted by Gasteiger charge is 2.17. The third-order valence-electron chi connectivity index (χ3n) is 3.92. The second-order valence-electron chi connectivity index (χ2n) is 5.86. The number of benzene rings is 2. The molecular weight excluding hydrogens is 372 g/mol. The van der Waals surface area contributed by atoms with E-state index in [1.807, 2.05) is 24.3 Å². The largest absolute Gasteiger partial charge is 0.489 e. The molecule has 0 aromatic heterocycles. The molecular formula is C19H19ClN2O3S. The number of thiocarbonyl (C=S) groups is 1. The van der Waals surface area contributed by atoms with Gasteiger partial charge in [-0.05, 0) is 61.5 Å². The predicted octanol–water partition coefficient (Wildman–Crippen LogP) is 4.02. The van der Waals surface area contributed by atoms with E-state index in [1.165, 1.54) is 0 Å². The number of rotatable bonds is 5. The second kappa shape index (κ2) is 8.98. The quantitative estimate of drug-likeness (QED) is 0.755. The average molecular weight is 391 g/mol.